The lowest BCUT2D eigenvalue weighted by molar-refractivity contribution is 0.0689. The number of hydrogen-bond acceptors (Lipinski definition) is 3. The van der Waals surface area contributed by atoms with E-state index in [-0.39, 0.29) is 0 Å². The molecule has 0 aliphatic carbocycles. The van der Waals surface area contributed by atoms with Gasteiger partial charge in [-0.25, -0.2) is 0 Å². The van der Waals surface area contributed by atoms with E-state index < -0.39 is 0 Å². The molecule has 0 radical (unpaired) electrons. The maximum atomic E-state index is 5.47. The first kappa shape index (κ1) is 11.4. The Bertz CT molecular complexity index is 161. The molecule has 0 spiro atoms. The standard InChI is InChI=1S/C12H24N2O/c1-3-11(5-7-13-6-1)9-14-12-4-2-8-15-10-12/h11-14H,1-10H2. The largest absolute Gasteiger partial charge is 0.380 e. The Balaban J connectivity index is 1.62. The van der Waals surface area contributed by atoms with Crippen molar-refractivity contribution in [3.63, 3.8) is 0 Å². The van der Waals surface area contributed by atoms with Crippen molar-refractivity contribution in [1.29, 1.82) is 0 Å². The van der Waals surface area contributed by atoms with Gasteiger partial charge in [-0.05, 0) is 57.7 Å². The summed E-state index contributed by atoms with van der Waals surface area (Å²) in [6.45, 7) is 5.49. The maximum absolute atomic E-state index is 5.47. The van der Waals surface area contributed by atoms with Crippen LogP contribution in [0, 0.1) is 5.92 Å². The van der Waals surface area contributed by atoms with Crippen molar-refractivity contribution in [2.45, 2.75) is 38.1 Å². The van der Waals surface area contributed by atoms with Crippen LogP contribution < -0.4 is 10.6 Å². The summed E-state index contributed by atoms with van der Waals surface area (Å²) in [6.07, 6.45) is 6.58. The predicted molar refractivity (Wildman–Crippen MR) is 62.1 cm³/mol. The van der Waals surface area contributed by atoms with Gasteiger partial charge < -0.3 is 15.4 Å². The molecule has 0 aromatic rings. The Morgan fingerprint density at radius 2 is 2.13 bits per heavy atom. The van der Waals surface area contributed by atoms with Crippen molar-refractivity contribution in [2.75, 3.05) is 32.8 Å². The predicted octanol–water partition coefficient (Wildman–Crippen LogP) is 1.14. The van der Waals surface area contributed by atoms with E-state index >= 15 is 0 Å². The SMILES string of the molecule is C1CNCCC(CNC2CCCOC2)C1. The number of hydrogen-bond donors (Lipinski definition) is 2. The summed E-state index contributed by atoms with van der Waals surface area (Å²) in [7, 11) is 0. The highest BCUT2D eigenvalue weighted by molar-refractivity contribution is 4.74. The monoisotopic (exact) mass is 212 g/mol. The molecular weight excluding hydrogens is 188 g/mol. The summed E-state index contributed by atoms with van der Waals surface area (Å²) >= 11 is 0. The fourth-order valence-electron chi connectivity index (χ4n) is 2.53. The summed E-state index contributed by atoms with van der Waals surface area (Å²) in [4.78, 5) is 0. The topological polar surface area (TPSA) is 33.3 Å². The van der Waals surface area contributed by atoms with Crippen molar-refractivity contribution < 1.29 is 4.74 Å². The van der Waals surface area contributed by atoms with E-state index in [0.29, 0.717) is 6.04 Å². The third-order valence-electron chi connectivity index (χ3n) is 3.55. The van der Waals surface area contributed by atoms with Crippen LogP contribution in [0.5, 0.6) is 0 Å². The van der Waals surface area contributed by atoms with E-state index in [2.05, 4.69) is 10.6 Å². The fourth-order valence-corrected chi connectivity index (χ4v) is 2.53. The molecule has 2 heterocycles. The smallest absolute Gasteiger partial charge is 0.0619 e. The average molecular weight is 212 g/mol. The molecular formula is C12H24N2O. The van der Waals surface area contributed by atoms with Crippen molar-refractivity contribution >= 4 is 0 Å². The van der Waals surface area contributed by atoms with E-state index in [1.807, 2.05) is 0 Å². The third-order valence-corrected chi connectivity index (χ3v) is 3.55. The number of rotatable bonds is 3. The zero-order valence-corrected chi connectivity index (χ0v) is 9.63. The van der Waals surface area contributed by atoms with Gasteiger partial charge in [0.15, 0.2) is 0 Å². The Labute approximate surface area is 93.0 Å². The lowest BCUT2D eigenvalue weighted by Gasteiger charge is -2.25. The summed E-state index contributed by atoms with van der Waals surface area (Å²) in [5.41, 5.74) is 0. The Morgan fingerprint density at radius 3 is 3.00 bits per heavy atom. The van der Waals surface area contributed by atoms with Crippen LogP contribution in [0.15, 0.2) is 0 Å². The maximum Gasteiger partial charge on any atom is 0.0619 e. The highest BCUT2D eigenvalue weighted by Crippen LogP contribution is 2.13. The van der Waals surface area contributed by atoms with Crippen molar-refractivity contribution in [3.05, 3.63) is 0 Å². The molecule has 2 N–H and O–H groups in total. The molecule has 3 nitrogen and oxygen atoms in total. The average Bonchev–Trinajstić information content (AvgIpc) is 2.56. The van der Waals surface area contributed by atoms with E-state index in [9.17, 15) is 0 Å². The van der Waals surface area contributed by atoms with Crippen LogP contribution in [0.25, 0.3) is 0 Å². The van der Waals surface area contributed by atoms with Crippen LogP contribution >= 0.6 is 0 Å². The Kier molecular flexibility index (Phi) is 4.90. The molecule has 0 bridgehead atoms. The van der Waals surface area contributed by atoms with Crippen molar-refractivity contribution in [3.8, 4) is 0 Å². The van der Waals surface area contributed by atoms with E-state index in [1.54, 1.807) is 0 Å². The quantitative estimate of drug-likeness (QED) is 0.736. The molecule has 2 fully saturated rings. The van der Waals surface area contributed by atoms with Gasteiger partial charge in [0.2, 0.25) is 0 Å². The second kappa shape index (κ2) is 6.46. The summed E-state index contributed by atoms with van der Waals surface area (Å²) in [6, 6.07) is 0.620. The van der Waals surface area contributed by atoms with Gasteiger partial charge in [0.05, 0.1) is 6.61 Å². The molecule has 0 aromatic carbocycles. The van der Waals surface area contributed by atoms with Crippen LogP contribution in [0.4, 0.5) is 0 Å². The molecule has 2 saturated heterocycles. The van der Waals surface area contributed by atoms with Crippen molar-refractivity contribution in [2.24, 2.45) is 5.92 Å². The highest BCUT2D eigenvalue weighted by atomic mass is 16.5. The van der Waals surface area contributed by atoms with Crippen LogP contribution in [0.3, 0.4) is 0 Å². The first-order valence-electron chi connectivity index (χ1n) is 6.47. The van der Waals surface area contributed by atoms with Gasteiger partial charge in [-0.2, -0.15) is 0 Å². The first-order valence-corrected chi connectivity index (χ1v) is 6.47. The van der Waals surface area contributed by atoms with Crippen molar-refractivity contribution in [1.82, 2.24) is 10.6 Å². The molecule has 0 aromatic heterocycles. The van der Waals surface area contributed by atoms with Gasteiger partial charge in [0.25, 0.3) is 0 Å². The van der Waals surface area contributed by atoms with Gasteiger partial charge >= 0.3 is 0 Å². The summed E-state index contributed by atoms with van der Waals surface area (Å²) in [5, 5.41) is 7.13. The second-order valence-electron chi connectivity index (χ2n) is 4.87. The first-order chi connectivity index (χ1) is 7.45. The molecule has 2 aliphatic rings. The number of ether oxygens (including phenoxy) is 1. The molecule has 2 atom stereocenters. The molecule has 88 valence electrons. The minimum Gasteiger partial charge on any atom is -0.380 e. The minimum absolute atomic E-state index is 0.620. The Hall–Kier alpha value is -0.120. The summed E-state index contributed by atoms with van der Waals surface area (Å²) in [5.74, 6) is 0.877. The molecule has 2 rings (SSSR count). The molecule has 2 unspecified atom stereocenters. The number of nitrogens with one attached hydrogen (secondary N) is 2. The highest BCUT2D eigenvalue weighted by Gasteiger charge is 2.16. The van der Waals surface area contributed by atoms with Gasteiger partial charge in [0.1, 0.15) is 0 Å². The third kappa shape index (κ3) is 4.09. The fraction of sp³-hybridized carbons (Fsp3) is 1.00. The Morgan fingerprint density at radius 1 is 1.13 bits per heavy atom. The van der Waals surface area contributed by atoms with Crippen LogP contribution in [-0.2, 0) is 4.74 Å². The molecule has 3 heteroatoms. The molecule has 0 saturated carbocycles. The van der Waals surface area contributed by atoms with Gasteiger partial charge in [-0.15, -0.1) is 0 Å². The molecule has 15 heavy (non-hydrogen) atoms. The van der Waals surface area contributed by atoms with E-state index in [1.165, 1.54) is 51.7 Å². The van der Waals surface area contributed by atoms with Crippen LogP contribution in [0.1, 0.15) is 32.1 Å². The van der Waals surface area contributed by atoms with Gasteiger partial charge in [0, 0.05) is 12.6 Å². The van der Waals surface area contributed by atoms with E-state index in [4.69, 9.17) is 4.74 Å². The van der Waals surface area contributed by atoms with Gasteiger partial charge in [-0.1, -0.05) is 0 Å². The van der Waals surface area contributed by atoms with Crippen LogP contribution in [0.2, 0.25) is 0 Å². The lowest BCUT2D eigenvalue weighted by atomic mass is 10.00. The zero-order chi connectivity index (χ0) is 10.3. The molecule has 2 aliphatic heterocycles. The van der Waals surface area contributed by atoms with Crippen LogP contribution in [-0.4, -0.2) is 38.9 Å². The minimum atomic E-state index is 0.620. The molecule has 0 amide bonds. The second-order valence-corrected chi connectivity index (χ2v) is 4.87. The summed E-state index contributed by atoms with van der Waals surface area (Å²) < 4.78 is 5.47. The van der Waals surface area contributed by atoms with Gasteiger partial charge in [-0.3, -0.25) is 0 Å². The zero-order valence-electron chi connectivity index (χ0n) is 9.63. The normalized spacial score (nSPS) is 33.6. The lowest BCUT2D eigenvalue weighted by Crippen LogP contribution is -2.39. The van der Waals surface area contributed by atoms with E-state index in [0.717, 1.165) is 19.1 Å².